The van der Waals surface area contributed by atoms with Gasteiger partial charge in [0.05, 0.1) is 7.11 Å². The molecule has 3 heteroatoms. The van der Waals surface area contributed by atoms with Crippen molar-refractivity contribution in [3.8, 4) is 0 Å². The van der Waals surface area contributed by atoms with E-state index in [4.69, 9.17) is 4.74 Å². The van der Waals surface area contributed by atoms with Crippen LogP contribution in [-0.4, -0.2) is 24.7 Å². The summed E-state index contributed by atoms with van der Waals surface area (Å²) in [4.78, 5) is 12.2. The van der Waals surface area contributed by atoms with Crippen molar-refractivity contribution >= 4 is 5.97 Å². The molecule has 2 aliphatic carbocycles. The van der Waals surface area contributed by atoms with Gasteiger partial charge in [0.15, 0.2) is 0 Å². The lowest BCUT2D eigenvalue weighted by Gasteiger charge is -2.42. The summed E-state index contributed by atoms with van der Waals surface area (Å²) in [5.41, 5.74) is -0.407. The summed E-state index contributed by atoms with van der Waals surface area (Å²) in [7, 11) is 1.52. The molecule has 3 nitrogen and oxygen atoms in total. The van der Waals surface area contributed by atoms with E-state index < -0.39 is 5.54 Å². The van der Waals surface area contributed by atoms with Gasteiger partial charge < -0.3 is 4.74 Å². The lowest BCUT2D eigenvalue weighted by atomic mass is 9.71. The van der Waals surface area contributed by atoms with Crippen molar-refractivity contribution in [3.05, 3.63) is 0 Å². The maximum absolute atomic E-state index is 12.2. The highest BCUT2D eigenvalue weighted by atomic mass is 16.5. The minimum Gasteiger partial charge on any atom is -0.468 e. The molecule has 0 heterocycles. The molecule has 0 saturated heterocycles. The fraction of sp³-hybridized carbons (Fsp3) is 0.933. The zero-order chi connectivity index (χ0) is 13.2. The Kier molecular flexibility index (Phi) is 4.31. The van der Waals surface area contributed by atoms with Crippen molar-refractivity contribution in [2.45, 2.75) is 70.4 Å². The molecule has 2 fully saturated rings. The highest BCUT2D eigenvalue weighted by Gasteiger charge is 2.45. The summed E-state index contributed by atoms with van der Waals surface area (Å²) >= 11 is 0. The van der Waals surface area contributed by atoms with Crippen molar-refractivity contribution < 1.29 is 9.53 Å². The molecular formula is C15H27NO2. The molecule has 0 aliphatic heterocycles. The predicted molar refractivity (Wildman–Crippen MR) is 72.3 cm³/mol. The van der Waals surface area contributed by atoms with Crippen LogP contribution >= 0.6 is 0 Å². The molecular weight excluding hydrogens is 226 g/mol. The van der Waals surface area contributed by atoms with Crippen LogP contribution in [0.25, 0.3) is 0 Å². The smallest absolute Gasteiger partial charge is 0.326 e. The molecule has 1 N–H and O–H groups in total. The molecule has 0 aromatic heterocycles. The second kappa shape index (κ2) is 5.60. The molecule has 104 valence electrons. The molecule has 18 heavy (non-hydrogen) atoms. The topological polar surface area (TPSA) is 38.3 Å². The van der Waals surface area contributed by atoms with Gasteiger partial charge in [-0.2, -0.15) is 0 Å². The van der Waals surface area contributed by atoms with Crippen LogP contribution in [0.1, 0.15) is 58.8 Å². The van der Waals surface area contributed by atoms with Gasteiger partial charge in [-0.15, -0.1) is 0 Å². The first kappa shape index (κ1) is 13.9. The highest BCUT2D eigenvalue weighted by molar-refractivity contribution is 5.81. The molecule has 0 bridgehead atoms. The van der Waals surface area contributed by atoms with Crippen LogP contribution < -0.4 is 5.32 Å². The maximum atomic E-state index is 12.2. The Morgan fingerprint density at radius 1 is 1.17 bits per heavy atom. The van der Waals surface area contributed by atoms with E-state index in [0.717, 1.165) is 19.3 Å². The van der Waals surface area contributed by atoms with Crippen LogP contribution in [-0.2, 0) is 9.53 Å². The first-order valence-corrected chi connectivity index (χ1v) is 7.43. The highest BCUT2D eigenvalue weighted by Crippen LogP contribution is 2.38. The Bertz CT molecular complexity index is 299. The van der Waals surface area contributed by atoms with Crippen LogP contribution in [0.3, 0.4) is 0 Å². The van der Waals surface area contributed by atoms with Gasteiger partial charge in [-0.25, -0.2) is 0 Å². The standard InChI is InChI=1S/C15H27NO2/c1-11-8-9-15(10-12(11)2,14(17)18-3)16-13-6-4-5-7-13/h11-13,16H,4-10H2,1-3H3. The van der Waals surface area contributed by atoms with Crippen LogP contribution in [0, 0.1) is 11.8 Å². The molecule has 2 rings (SSSR count). The third kappa shape index (κ3) is 2.71. The molecule has 3 unspecified atom stereocenters. The summed E-state index contributed by atoms with van der Waals surface area (Å²) in [6.45, 7) is 4.55. The minimum absolute atomic E-state index is 0.0480. The Morgan fingerprint density at radius 3 is 2.39 bits per heavy atom. The molecule has 0 aromatic carbocycles. The third-order valence-electron chi connectivity index (χ3n) is 5.08. The van der Waals surface area contributed by atoms with Gasteiger partial charge >= 0.3 is 5.97 Å². The summed E-state index contributed by atoms with van der Waals surface area (Å²) in [6, 6.07) is 0.518. The monoisotopic (exact) mass is 253 g/mol. The summed E-state index contributed by atoms with van der Waals surface area (Å²) < 4.78 is 5.09. The molecule has 3 atom stereocenters. The molecule has 0 radical (unpaired) electrons. The number of nitrogens with one attached hydrogen (secondary N) is 1. The van der Waals surface area contributed by atoms with E-state index in [1.165, 1.54) is 32.8 Å². The van der Waals surface area contributed by atoms with E-state index in [1.54, 1.807) is 0 Å². The maximum Gasteiger partial charge on any atom is 0.326 e. The number of carbonyl (C=O) groups is 1. The van der Waals surface area contributed by atoms with Crippen molar-refractivity contribution in [2.75, 3.05) is 7.11 Å². The lowest BCUT2D eigenvalue weighted by Crippen LogP contribution is -2.59. The average Bonchev–Trinajstić information content (AvgIpc) is 2.85. The lowest BCUT2D eigenvalue weighted by molar-refractivity contribution is -0.152. The summed E-state index contributed by atoms with van der Waals surface area (Å²) in [5.74, 6) is 1.26. The Balaban J connectivity index is 2.10. The SMILES string of the molecule is COC(=O)C1(NC2CCCC2)CCC(C)C(C)C1. The molecule has 0 spiro atoms. The molecule has 0 aromatic rings. The number of carbonyl (C=O) groups excluding carboxylic acids is 1. The van der Waals surface area contributed by atoms with E-state index in [0.29, 0.717) is 17.9 Å². The predicted octanol–water partition coefficient (Wildman–Crippen LogP) is 2.89. The van der Waals surface area contributed by atoms with E-state index >= 15 is 0 Å². The minimum atomic E-state index is -0.407. The number of hydrogen-bond acceptors (Lipinski definition) is 3. The first-order chi connectivity index (χ1) is 8.57. The van der Waals surface area contributed by atoms with E-state index in [-0.39, 0.29) is 5.97 Å². The van der Waals surface area contributed by atoms with Crippen LogP contribution in [0.2, 0.25) is 0 Å². The first-order valence-electron chi connectivity index (χ1n) is 7.43. The van der Waals surface area contributed by atoms with Crippen molar-refractivity contribution in [1.29, 1.82) is 0 Å². The Hall–Kier alpha value is -0.570. The van der Waals surface area contributed by atoms with Gasteiger partial charge in [0, 0.05) is 6.04 Å². The van der Waals surface area contributed by atoms with Crippen LogP contribution in [0.5, 0.6) is 0 Å². The van der Waals surface area contributed by atoms with E-state index in [2.05, 4.69) is 19.2 Å². The van der Waals surface area contributed by atoms with Crippen molar-refractivity contribution in [3.63, 3.8) is 0 Å². The van der Waals surface area contributed by atoms with Gasteiger partial charge in [0.2, 0.25) is 0 Å². The largest absolute Gasteiger partial charge is 0.468 e. The van der Waals surface area contributed by atoms with Crippen molar-refractivity contribution in [2.24, 2.45) is 11.8 Å². The van der Waals surface area contributed by atoms with Crippen LogP contribution in [0.4, 0.5) is 0 Å². The van der Waals surface area contributed by atoms with E-state index in [9.17, 15) is 4.79 Å². The Labute approximate surface area is 111 Å². The number of hydrogen-bond donors (Lipinski definition) is 1. The Morgan fingerprint density at radius 2 is 1.83 bits per heavy atom. The summed E-state index contributed by atoms with van der Waals surface area (Å²) in [5, 5.41) is 3.66. The fourth-order valence-electron chi connectivity index (χ4n) is 3.64. The number of rotatable bonds is 3. The van der Waals surface area contributed by atoms with E-state index in [1.807, 2.05) is 0 Å². The number of esters is 1. The second-order valence-electron chi connectivity index (χ2n) is 6.40. The third-order valence-corrected chi connectivity index (χ3v) is 5.08. The molecule has 2 aliphatic rings. The number of ether oxygens (including phenoxy) is 1. The summed E-state index contributed by atoms with van der Waals surface area (Å²) in [6.07, 6.45) is 7.99. The van der Waals surface area contributed by atoms with Gasteiger partial charge in [0.25, 0.3) is 0 Å². The normalized spacial score (nSPS) is 37.7. The average molecular weight is 253 g/mol. The number of methoxy groups -OCH3 is 1. The molecule has 0 amide bonds. The second-order valence-corrected chi connectivity index (χ2v) is 6.40. The quantitative estimate of drug-likeness (QED) is 0.786. The van der Waals surface area contributed by atoms with Crippen LogP contribution in [0.15, 0.2) is 0 Å². The van der Waals surface area contributed by atoms with Gasteiger partial charge in [-0.3, -0.25) is 10.1 Å². The van der Waals surface area contributed by atoms with Gasteiger partial charge in [-0.1, -0.05) is 26.7 Å². The van der Waals surface area contributed by atoms with Gasteiger partial charge in [-0.05, 0) is 43.9 Å². The van der Waals surface area contributed by atoms with Gasteiger partial charge in [0.1, 0.15) is 5.54 Å². The zero-order valence-corrected chi connectivity index (χ0v) is 12.0. The zero-order valence-electron chi connectivity index (χ0n) is 12.0. The van der Waals surface area contributed by atoms with Crippen molar-refractivity contribution in [1.82, 2.24) is 5.32 Å². The fourth-order valence-corrected chi connectivity index (χ4v) is 3.64. The molecule has 2 saturated carbocycles.